The number of para-hydroxylation sites is 1. The highest BCUT2D eigenvalue weighted by atomic mass is 19.1. The number of ether oxygens (including phenoxy) is 1. The van der Waals surface area contributed by atoms with Crippen molar-refractivity contribution in [2.24, 2.45) is 0 Å². The highest BCUT2D eigenvalue weighted by Crippen LogP contribution is 2.28. The second-order valence-corrected chi connectivity index (χ2v) is 6.06. The first-order valence-electron chi connectivity index (χ1n) is 8.47. The number of methoxy groups -OCH3 is 1. The normalized spacial score (nSPS) is 10.4. The van der Waals surface area contributed by atoms with Crippen LogP contribution in [0.1, 0.15) is 23.0 Å². The van der Waals surface area contributed by atoms with Crippen molar-refractivity contribution in [2.75, 3.05) is 17.7 Å². The molecule has 0 aliphatic rings. The molecular weight excluding hydrogens is 363 g/mol. The predicted molar refractivity (Wildman–Crippen MR) is 104 cm³/mol. The van der Waals surface area contributed by atoms with E-state index < -0.39 is 11.7 Å². The second-order valence-electron chi connectivity index (χ2n) is 6.06. The van der Waals surface area contributed by atoms with Gasteiger partial charge in [0, 0.05) is 12.6 Å². The van der Waals surface area contributed by atoms with Crippen molar-refractivity contribution < 1.29 is 18.7 Å². The molecule has 0 saturated carbocycles. The van der Waals surface area contributed by atoms with E-state index in [9.17, 15) is 14.0 Å². The summed E-state index contributed by atoms with van der Waals surface area (Å²) in [6.07, 6.45) is 1.38. The first-order valence-corrected chi connectivity index (χ1v) is 8.47. The van der Waals surface area contributed by atoms with Crippen molar-refractivity contribution in [2.45, 2.75) is 13.8 Å². The lowest BCUT2D eigenvalue weighted by atomic mass is 10.2. The highest BCUT2D eigenvalue weighted by molar-refractivity contribution is 6.05. The van der Waals surface area contributed by atoms with E-state index in [0.717, 1.165) is 0 Å². The zero-order valence-electron chi connectivity index (χ0n) is 15.6. The Hall–Kier alpha value is -3.68. The van der Waals surface area contributed by atoms with Gasteiger partial charge in [-0.25, -0.2) is 9.07 Å². The summed E-state index contributed by atoms with van der Waals surface area (Å²) >= 11 is 0. The Morgan fingerprint density at radius 3 is 2.57 bits per heavy atom. The quantitative estimate of drug-likeness (QED) is 0.707. The number of benzene rings is 2. The van der Waals surface area contributed by atoms with Crippen molar-refractivity contribution >= 4 is 23.2 Å². The van der Waals surface area contributed by atoms with Gasteiger partial charge in [0.15, 0.2) is 0 Å². The first-order chi connectivity index (χ1) is 13.4. The van der Waals surface area contributed by atoms with Crippen LogP contribution < -0.4 is 15.4 Å². The summed E-state index contributed by atoms with van der Waals surface area (Å²) in [6.45, 7) is 3.07. The molecule has 1 heterocycles. The van der Waals surface area contributed by atoms with Crippen LogP contribution in [-0.4, -0.2) is 28.7 Å². The van der Waals surface area contributed by atoms with E-state index >= 15 is 0 Å². The maximum atomic E-state index is 14.0. The Bertz CT molecular complexity index is 1050. The number of halogens is 1. The van der Waals surface area contributed by atoms with Gasteiger partial charge in [0.25, 0.3) is 5.91 Å². The van der Waals surface area contributed by atoms with Gasteiger partial charge in [-0.15, -0.1) is 0 Å². The van der Waals surface area contributed by atoms with Crippen molar-refractivity contribution in [3.63, 3.8) is 0 Å². The molecule has 2 amide bonds. The van der Waals surface area contributed by atoms with Gasteiger partial charge >= 0.3 is 0 Å². The van der Waals surface area contributed by atoms with E-state index in [4.69, 9.17) is 4.74 Å². The van der Waals surface area contributed by atoms with Gasteiger partial charge in [0.1, 0.15) is 17.3 Å². The van der Waals surface area contributed by atoms with Crippen LogP contribution in [0.4, 0.5) is 15.8 Å². The third kappa shape index (κ3) is 3.85. The van der Waals surface area contributed by atoms with Crippen LogP contribution in [0.15, 0.2) is 48.7 Å². The topological polar surface area (TPSA) is 85.2 Å². The van der Waals surface area contributed by atoms with E-state index in [-0.39, 0.29) is 11.6 Å². The Morgan fingerprint density at radius 1 is 1.14 bits per heavy atom. The lowest BCUT2D eigenvalue weighted by molar-refractivity contribution is -0.114. The molecule has 0 aliphatic heterocycles. The molecular formula is C20H19FN4O3. The monoisotopic (exact) mass is 382 g/mol. The molecule has 0 saturated heterocycles. The number of hydrogen-bond acceptors (Lipinski definition) is 4. The smallest absolute Gasteiger partial charge is 0.259 e. The van der Waals surface area contributed by atoms with Crippen LogP contribution in [0.25, 0.3) is 5.69 Å². The molecule has 2 N–H and O–H groups in total. The van der Waals surface area contributed by atoms with E-state index in [2.05, 4.69) is 15.7 Å². The van der Waals surface area contributed by atoms with E-state index in [1.807, 2.05) is 0 Å². The van der Waals surface area contributed by atoms with E-state index in [1.54, 1.807) is 43.3 Å². The number of aromatic nitrogens is 2. The summed E-state index contributed by atoms with van der Waals surface area (Å²) in [5.41, 5.74) is 1.97. The Balaban J connectivity index is 1.86. The van der Waals surface area contributed by atoms with Gasteiger partial charge in [-0.05, 0) is 37.3 Å². The second kappa shape index (κ2) is 7.91. The van der Waals surface area contributed by atoms with Gasteiger partial charge in [-0.3, -0.25) is 9.59 Å². The molecule has 0 atom stereocenters. The molecule has 8 heteroatoms. The Kier molecular flexibility index (Phi) is 5.39. The van der Waals surface area contributed by atoms with Crippen LogP contribution in [0.2, 0.25) is 0 Å². The molecule has 2 aromatic carbocycles. The standard InChI is InChI=1S/C20H19FN4O3/c1-12-15(11-22-25(12)18-7-5-4-6-16(18)21)20(27)24-14-8-9-19(28-3)17(10-14)23-13(2)26/h4-11H,1-3H3,(H,23,26)(H,24,27). The minimum atomic E-state index is -0.434. The number of carbonyl (C=O) groups excluding carboxylic acids is 2. The number of carbonyl (C=O) groups is 2. The summed E-state index contributed by atoms with van der Waals surface area (Å²) in [5.74, 6) is -0.629. The maximum Gasteiger partial charge on any atom is 0.259 e. The van der Waals surface area contributed by atoms with E-state index in [0.29, 0.717) is 28.4 Å². The summed E-state index contributed by atoms with van der Waals surface area (Å²) in [4.78, 5) is 24.0. The molecule has 28 heavy (non-hydrogen) atoms. The average molecular weight is 382 g/mol. The molecule has 0 fully saturated rings. The molecule has 0 aliphatic carbocycles. The molecule has 7 nitrogen and oxygen atoms in total. The first kappa shape index (κ1) is 19.1. The zero-order valence-corrected chi connectivity index (χ0v) is 15.6. The van der Waals surface area contributed by atoms with Crippen LogP contribution in [0, 0.1) is 12.7 Å². The average Bonchev–Trinajstić information content (AvgIpc) is 3.03. The molecule has 1 aromatic heterocycles. The number of nitrogens with zero attached hydrogens (tertiary/aromatic N) is 2. The van der Waals surface area contributed by atoms with Crippen molar-refractivity contribution in [3.05, 3.63) is 65.7 Å². The summed E-state index contributed by atoms with van der Waals surface area (Å²) in [7, 11) is 1.49. The minimum Gasteiger partial charge on any atom is -0.495 e. The molecule has 0 radical (unpaired) electrons. The van der Waals surface area contributed by atoms with Gasteiger partial charge in [-0.1, -0.05) is 12.1 Å². The minimum absolute atomic E-state index is 0.260. The van der Waals surface area contributed by atoms with E-state index in [1.165, 1.54) is 31.0 Å². The molecule has 3 rings (SSSR count). The highest BCUT2D eigenvalue weighted by Gasteiger charge is 2.17. The number of nitrogens with one attached hydrogen (secondary N) is 2. The number of amides is 2. The van der Waals surface area contributed by atoms with Crippen LogP contribution in [0.3, 0.4) is 0 Å². The third-order valence-electron chi connectivity index (χ3n) is 4.10. The number of hydrogen-bond donors (Lipinski definition) is 2. The summed E-state index contributed by atoms with van der Waals surface area (Å²) in [5, 5.41) is 9.53. The van der Waals surface area contributed by atoms with Gasteiger partial charge in [0.05, 0.1) is 30.3 Å². The largest absolute Gasteiger partial charge is 0.495 e. The van der Waals surface area contributed by atoms with Crippen molar-refractivity contribution in [3.8, 4) is 11.4 Å². The number of rotatable bonds is 5. The lowest BCUT2D eigenvalue weighted by Gasteiger charge is -2.12. The lowest BCUT2D eigenvalue weighted by Crippen LogP contribution is -2.14. The molecule has 0 unspecified atom stereocenters. The fraction of sp³-hybridized carbons (Fsp3) is 0.150. The molecule has 0 bridgehead atoms. The van der Waals surface area contributed by atoms with Crippen LogP contribution in [0.5, 0.6) is 5.75 Å². The fourth-order valence-electron chi connectivity index (χ4n) is 2.77. The molecule has 0 spiro atoms. The maximum absolute atomic E-state index is 14.0. The molecule has 144 valence electrons. The van der Waals surface area contributed by atoms with Crippen molar-refractivity contribution in [1.29, 1.82) is 0 Å². The van der Waals surface area contributed by atoms with Crippen molar-refractivity contribution in [1.82, 2.24) is 9.78 Å². The van der Waals surface area contributed by atoms with Gasteiger partial charge < -0.3 is 15.4 Å². The fourth-order valence-corrected chi connectivity index (χ4v) is 2.77. The number of anilines is 2. The Labute approximate surface area is 161 Å². The summed E-state index contributed by atoms with van der Waals surface area (Å²) in [6, 6.07) is 11.1. The van der Waals surface area contributed by atoms with Crippen LogP contribution >= 0.6 is 0 Å². The SMILES string of the molecule is COc1ccc(NC(=O)c2cnn(-c3ccccc3F)c2C)cc1NC(C)=O. The Morgan fingerprint density at radius 2 is 1.89 bits per heavy atom. The molecule has 3 aromatic rings. The third-order valence-corrected chi connectivity index (χ3v) is 4.10. The zero-order chi connectivity index (χ0) is 20.3. The van der Waals surface area contributed by atoms with Gasteiger partial charge in [-0.2, -0.15) is 5.10 Å². The van der Waals surface area contributed by atoms with Crippen LogP contribution in [-0.2, 0) is 4.79 Å². The van der Waals surface area contributed by atoms with Gasteiger partial charge in [0.2, 0.25) is 5.91 Å². The summed E-state index contributed by atoms with van der Waals surface area (Å²) < 4.78 is 20.6. The predicted octanol–water partition coefficient (Wildman–Crippen LogP) is 3.54.